The second-order valence-electron chi connectivity index (χ2n) is 4.86. The van der Waals surface area contributed by atoms with Crippen molar-refractivity contribution in [3.05, 3.63) is 64.7 Å². The van der Waals surface area contributed by atoms with Crippen LogP contribution in [0.4, 0.5) is 8.78 Å². The van der Waals surface area contributed by atoms with Crippen molar-refractivity contribution >= 4 is 0 Å². The van der Waals surface area contributed by atoms with E-state index in [9.17, 15) is 13.9 Å². The van der Waals surface area contributed by atoms with E-state index in [1.807, 2.05) is 0 Å². The van der Waals surface area contributed by atoms with Crippen molar-refractivity contribution < 1.29 is 18.6 Å². The highest BCUT2D eigenvalue weighted by Crippen LogP contribution is 2.32. The second-order valence-corrected chi connectivity index (χ2v) is 4.86. The van der Waals surface area contributed by atoms with Gasteiger partial charge in [-0.15, -0.1) is 0 Å². The van der Waals surface area contributed by atoms with E-state index < -0.39 is 17.7 Å². The van der Waals surface area contributed by atoms with Crippen molar-refractivity contribution in [3.8, 4) is 5.75 Å². The van der Waals surface area contributed by atoms with Crippen LogP contribution < -0.4 is 4.74 Å². The number of aliphatic hydroxyl groups excluding tert-OH is 1. The normalized spacial score (nSPS) is 15.3. The van der Waals surface area contributed by atoms with E-state index in [1.54, 1.807) is 18.2 Å². The van der Waals surface area contributed by atoms with Crippen LogP contribution in [-0.4, -0.2) is 11.7 Å². The van der Waals surface area contributed by atoms with Gasteiger partial charge in [0.15, 0.2) is 0 Å². The average Bonchev–Trinajstić information content (AvgIpc) is 2.46. The van der Waals surface area contributed by atoms with Crippen LogP contribution in [0.3, 0.4) is 0 Å². The summed E-state index contributed by atoms with van der Waals surface area (Å²) in [6.45, 7) is 0.677. The number of rotatable bonds is 2. The molecule has 1 heterocycles. The highest BCUT2D eigenvalue weighted by atomic mass is 19.1. The SMILES string of the molecule is OC(c1ccc2c(c1)CCCO2)c1c(F)cccc1F. The Morgan fingerprint density at radius 3 is 2.60 bits per heavy atom. The molecule has 1 unspecified atom stereocenters. The van der Waals surface area contributed by atoms with Gasteiger partial charge in [0.1, 0.15) is 23.5 Å². The molecule has 3 rings (SSSR count). The van der Waals surface area contributed by atoms with Crippen molar-refractivity contribution in [2.45, 2.75) is 18.9 Å². The zero-order valence-electron chi connectivity index (χ0n) is 10.8. The lowest BCUT2D eigenvalue weighted by Gasteiger charge is -2.20. The van der Waals surface area contributed by atoms with Gasteiger partial charge in [0.2, 0.25) is 0 Å². The number of fused-ring (bicyclic) bond motifs is 1. The summed E-state index contributed by atoms with van der Waals surface area (Å²) in [6.07, 6.45) is 0.430. The molecule has 1 atom stereocenters. The number of hydrogen-bond acceptors (Lipinski definition) is 2. The zero-order valence-corrected chi connectivity index (χ0v) is 10.8. The number of hydrogen-bond donors (Lipinski definition) is 1. The Balaban J connectivity index is 2.00. The molecule has 20 heavy (non-hydrogen) atoms. The summed E-state index contributed by atoms with van der Waals surface area (Å²) < 4.78 is 32.9. The summed E-state index contributed by atoms with van der Waals surface area (Å²) in [7, 11) is 0. The van der Waals surface area contributed by atoms with Gasteiger partial charge in [0.05, 0.1) is 12.2 Å². The predicted molar refractivity (Wildman–Crippen MR) is 70.7 cm³/mol. The molecule has 2 aromatic carbocycles. The van der Waals surface area contributed by atoms with Crippen LogP contribution in [-0.2, 0) is 6.42 Å². The third-order valence-electron chi connectivity index (χ3n) is 3.52. The van der Waals surface area contributed by atoms with E-state index in [2.05, 4.69) is 0 Å². The van der Waals surface area contributed by atoms with E-state index >= 15 is 0 Å². The Morgan fingerprint density at radius 1 is 1.10 bits per heavy atom. The molecular formula is C16H14F2O2. The summed E-state index contributed by atoms with van der Waals surface area (Å²) in [5, 5.41) is 10.2. The molecule has 0 aromatic heterocycles. The van der Waals surface area contributed by atoms with Gasteiger partial charge in [-0.25, -0.2) is 8.78 Å². The third-order valence-corrected chi connectivity index (χ3v) is 3.52. The first-order chi connectivity index (χ1) is 9.66. The Morgan fingerprint density at radius 2 is 1.85 bits per heavy atom. The Kier molecular flexibility index (Phi) is 3.40. The van der Waals surface area contributed by atoms with Crippen LogP contribution in [0.1, 0.15) is 29.2 Å². The van der Waals surface area contributed by atoms with E-state index in [1.165, 1.54) is 6.07 Å². The standard InChI is InChI=1S/C16H14F2O2/c17-12-4-1-5-13(18)15(12)16(19)11-6-7-14-10(9-11)3-2-8-20-14/h1,4-7,9,16,19H,2-3,8H2. The van der Waals surface area contributed by atoms with Crippen molar-refractivity contribution in [3.63, 3.8) is 0 Å². The lowest BCUT2D eigenvalue weighted by atomic mass is 9.96. The fourth-order valence-electron chi connectivity index (χ4n) is 2.49. The third kappa shape index (κ3) is 2.27. The van der Waals surface area contributed by atoms with E-state index in [0.717, 1.165) is 36.3 Å². The quantitative estimate of drug-likeness (QED) is 0.911. The monoisotopic (exact) mass is 276 g/mol. The number of benzene rings is 2. The maximum absolute atomic E-state index is 13.7. The molecule has 1 aliphatic rings. The molecule has 0 bridgehead atoms. The van der Waals surface area contributed by atoms with Gasteiger partial charge in [0, 0.05) is 0 Å². The average molecular weight is 276 g/mol. The highest BCUT2D eigenvalue weighted by molar-refractivity contribution is 5.42. The molecule has 0 saturated heterocycles. The highest BCUT2D eigenvalue weighted by Gasteiger charge is 2.21. The number of aryl methyl sites for hydroxylation is 1. The second kappa shape index (κ2) is 5.21. The molecule has 0 saturated carbocycles. The summed E-state index contributed by atoms with van der Waals surface area (Å²) in [5.74, 6) is -0.709. The van der Waals surface area contributed by atoms with E-state index in [4.69, 9.17) is 4.74 Å². The van der Waals surface area contributed by atoms with E-state index in [0.29, 0.717) is 12.2 Å². The fraction of sp³-hybridized carbons (Fsp3) is 0.250. The van der Waals surface area contributed by atoms with Gasteiger partial charge < -0.3 is 9.84 Å². The smallest absolute Gasteiger partial charge is 0.132 e. The summed E-state index contributed by atoms with van der Waals surface area (Å²) in [4.78, 5) is 0. The molecule has 0 amide bonds. The fourth-order valence-corrected chi connectivity index (χ4v) is 2.49. The lowest BCUT2D eigenvalue weighted by Crippen LogP contribution is -2.10. The van der Waals surface area contributed by atoms with Crippen LogP contribution in [0.15, 0.2) is 36.4 Å². The molecule has 4 heteroatoms. The van der Waals surface area contributed by atoms with Gasteiger partial charge in [0.25, 0.3) is 0 Å². The van der Waals surface area contributed by atoms with Crippen molar-refractivity contribution in [2.24, 2.45) is 0 Å². The van der Waals surface area contributed by atoms with Crippen LogP contribution in [0.25, 0.3) is 0 Å². The lowest BCUT2D eigenvalue weighted by molar-refractivity contribution is 0.208. The minimum absolute atomic E-state index is 0.316. The molecule has 2 aromatic rings. The zero-order chi connectivity index (χ0) is 14.1. The summed E-state index contributed by atoms with van der Waals surface area (Å²) in [5.41, 5.74) is 1.12. The topological polar surface area (TPSA) is 29.5 Å². The van der Waals surface area contributed by atoms with Gasteiger partial charge in [-0.3, -0.25) is 0 Å². The summed E-state index contributed by atoms with van der Waals surface area (Å²) >= 11 is 0. The van der Waals surface area contributed by atoms with Crippen molar-refractivity contribution in [1.82, 2.24) is 0 Å². The Labute approximate surface area is 115 Å². The van der Waals surface area contributed by atoms with Crippen LogP contribution in [0, 0.1) is 11.6 Å². The van der Waals surface area contributed by atoms with Crippen LogP contribution >= 0.6 is 0 Å². The number of aliphatic hydroxyl groups is 1. The number of halogens is 2. The first-order valence-corrected chi connectivity index (χ1v) is 6.54. The molecule has 0 fully saturated rings. The Bertz CT molecular complexity index is 620. The molecular weight excluding hydrogens is 262 g/mol. The van der Waals surface area contributed by atoms with Gasteiger partial charge in [-0.2, -0.15) is 0 Å². The van der Waals surface area contributed by atoms with Gasteiger partial charge >= 0.3 is 0 Å². The first kappa shape index (κ1) is 13.1. The molecule has 1 N–H and O–H groups in total. The first-order valence-electron chi connectivity index (χ1n) is 6.54. The molecule has 104 valence electrons. The van der Waals surface area contributed by atoms with Crippen LogP contribution in [0.5, 0.6) is 5.75 Å². The largest absolute Gasteiger partial charge is 0.493 e. The van der Waals surface area contributed by atoms with E-state index in [-0.39, 0.29) is 5.56 Å². The van der Waals surface area contributed by atoms with Crippen molar-refractivity contribution in [1.29, 1.82) is 0 Å². The maximum Gasteiger partial charge on any atom is 0.132 e. The molecule has 0 aliphatic carbocycles. The number of ether oxygens (including phenoxy) is 1. The minimum atomic E-state index is -1.32. The molecule has 2 nitrogen and oxygen atoms in total. The van der Waals surface area contributed by atoms with Crippen molar-refractivity contribution in [2.75, 3.05) is 6.61 Å². The Hall–Kier alpha value is -1.94. The predicted octanol–water partition coefficient (Wildman–Crippen LogP) is 3.37. The summed E-state index contributed by atoms with van der Waals surface area (Å²) in [6, 6.07) is 8.70. The van der Waals surface area contributed by atoms with Gasteiger partial charge in [-0.1, -0.05) is 12.1 Å². The maximum atomic E-state index is 13.7. The van der Waals surface area contributed by atoms with Gasteiger partial charge in [-0.05, 0) is 48.2 Å². The van der Waals surface area contributed by atoms with Crippen LogP contribution in [0.2, 0.25) is 0 Å². The molecule has 1 aliphatic heterocycles. The molecule has 0 radical (unpaired) electrons. The minimum Gasteiger partial charge on any atom is -0.493 e. The molecule has 0 spiro atoms.